The lowest BCUT2D eigenvalue weighted by molar-refractivity contribution is -0.128. The van der Waals surface area contributed by atoms with Crippen LogP contribution < -0.4 is 5.32 Å². The van der Waals surface area contributed by atoms with Crippen molar-refractivity contribution < 1.29 is 14.0 Å². The van der Waals surface area contributed by atoms with Crippen LogP contribution in [-0.2, 0) is 16.1 Å². The number of rotatable bonds is 7. The van der Waals surface area contributed by atoms with Crippen molar-refractivity contribution in [3.8, 4) is 0 Å². The van der Waals surface area contributed by atoms with Crippen molar-refractivity contribution in [3.05, 3.63) is 96.0 Å². The molecule has 0 radical (unpaired) electrons. The number of hydrogen-bond acceptors (Lipinski definition) is 3. The van der Waals surface area contributed by atoms with Crippen LogP contribution in [0.25, 0.3) is 6.08 Å². The SMILES string of the molecule is CC(=O)Nc1cccc(C(C)N(Cc2ccccc2)C(=O)C=Cc2ccco2)c1. The number of furan rings is 1. The van der Waals surface area contributed by atoms with Crippen LogP contribution in [0.5, 0.6) is 0 Å². The Hall–Kier alpha value is -3.60. The molecule has 0 aliphatic carbocycles. The van der Waals surface area contributed by atoms with Crippen LogP contribution in [-0.4, -0.2) is 16.7 Å². The van der Waals surface area contributed by atoms with Gasteiger partial charge in [-0.05, 0) is 48.4 Å². The standard InChI is InChI=1S/C24H24N2O3/c1-18(21-10-6-11-22(16-21)25-19(2)27)26(17-20-8-4-3-5-9-20)24(28)14-13-23-12-7-15-29-23/h3-16,18H,17H2,1-2H3,(H,25,27). The summed E-state index contributed by atoms with van der Waals surface area (Å²) in [7, 11) is 0. The third-order valence-corrected chi connectivity index (χ3v) is 4.57. The van der Waals surface area contributed by atoms with Crippen molar-refractivity contribution >= 4 is 23.6 Å². The molecule has 3 rings (SSSR count). The van der Waals surface area contributed by atoms with Crippen LogP contribution in [0.15, 0.2) is 83.5 Å². The Morgan fingerprint density at radius 3 is 2.55 bits per heavy atom. The van der Waals surface area contributed by atoms with Crippen molar-refractivity contribution in [2.75, 3.05) is 5.32 Å². The summed E-state index contributed by atoms with van der Waals surface area (Å²) in [6.07, 6.45) is 4.76. The van der Waals surface area contributed by atoms with Gasteiger partial charge in [-0.1, -0.05) is 42.5 Å². The third-order valence-electron chi connectivity index (χ3n) is 4.57. The fraction of sp³-hybridized carbons (Fsp3) is 0.167. The molecule has 29 heavy (non-hydrogen) atoms. The maximum absolute atomic E-state index is 13.0. The fourth-order valence-corrected chi connectivity index (χ4v) is 3.08. The molecule has 5 nitrogen and oxygen atoms in total. The summed E-state index contributed by atoms with van der Waals surface area (Å²) in [5, 5.41) is 2.79. The topological polar surface area (TPSA) is 62.6 Å². The highest BCUT2D eigenvalue weighted by Gasteiger charge is 2.20. The summed E-state index contributed by atoms with van der Waals surface area (Å²) in [4.78, 5) is 26.2. The van der Waals surface area contributed by atoms with Gasteiger partial charge in [-0.25, -0.2) is 0 Å². The first-order valence-electron chi connectivity index (χ1n) is 9.46. The van der Waals surface area contributed by atoms with Crippen LogP contribution >= 0.6 is 0 Å². The van der Waals surface area contributed by atoms with Crippen LogP contribution in [0, 0.1) is 0 Å². The Labute approximate surface area is 170 Å². The minimum Gasteiger partial charge on any atom is -0.465 e. The third kappa shape index (κ3) is 5.69. The first-order chi connectivity index (χ1) is 14.0. The monoisotopic (exact) mass is 388 g/mol. The van der Waals surface area contributed by atoms with E-state index < -0.39 is 0 Å². The highest BCUT2D eigenvalue weighted by molar-refractivity contribution is 5.92. The summed E-state index contributed by atoms with van der Waals surface area (Å²) in [5.41, 5.74) is 2.68. The Kier molecular flexibility index (Phi) is 6.63. The van der Waals surface area contributed by atoms with Gasteiger partial charge in [-0.3, -0.25) is 9.59 Å². The van der Waals surface area contributed by atoms with E-state index in [1.807, 2.05) is 61.5 Å². The van der Waals surface area contributed by atoms with E-state index in [0.29, 0.717) is 18.0 Å². The molecule has 0 aliphatic heterocycles. The summed E-state index contributed by atoms with van der Waals surface area (Å²) in [6, 6.07) is 20.8. The lowest BCUT2D eigenvalue weighted by Crippen LogP contribution is -2.31. The van der Waals surface area contributed by atoms with E-state index in [2.05, 4.69) is 5.32 Å². The molecular formula is C24H24N2O3. The van der Waals surface area contributed by atoms with E-state index in [1.165, 1.54) is 13.0 Å². The molecule has 2 amide bonds. The summed E-state index contributed by atoms with van der Waals surface area (Å²) < 4.78 is 5.28. The molecule has 1 N–H and O–H groups in total. The lowest BCUT2D eigenvalue weighted by Gasteiger charge is -2.29. The van der Waals surface area contributed by atoms with E-state index >= 15 is 0 Å². The van der Waals surface area contributed by atoms with Crippen LogP contribution in [0.2, 0.25) is 0 Å². The van der Waals surface area contributed by atoms with Gasteiger partial charge < -0.3 is 14.6 Å². The molecule has 1 heterocycles. The molecule has 0 aliphatic rings. The zero-order valence-corrected chi connectivity index (χ0v) is 16.5. The maximum Gasteiger partial charge on any atom is 0.247 e. The van der Waals surface area contributed by atoms with Crippen molar-refractivity contribution in [1.29, 1.82) is 0 Å². The molecular weight excluding hydrogens is 364 g/mol. The molecule has 5 heteroatoms. The Morgan fingerprint density at radius 2 is 1.86 bits per heavy atom. The molecule has 148 valence electrons. The van der Waals surface area contributed by atoms with E-state index in [1.54, 1.807) is 29.4 Å². The zero-order chi connectivity index (χ0) is 20.6. The smallest absolute Gasteiger partial charge is 0.247 e. The molecule has 1 aromatic heterocycles. The van der Waals surface area contributed by atoms with Crippen LogP contribution in [0.4, 0.5) is 5.69 Å². The van der Waals surface area contributed by atoms with E-state index in [0.717, 1.165) is 11.1 Å². The predicted octanol–water partition coefficient (Wildman–Crippen LogP) is 5.04. The Bertz CT molecular complexity index is 978. The second kappa shape index (κ2) is 9.55. The Balaban J connectivity index is 1.87. The number of benzene rings is 2. The van der Waals surface area contributed by atoms with Gasteiger partial charge in [0.05, 0.1) is 12.3 Å². The van der Waals surface area contributed by atoms with Crippen LogP contribution in [0.3, 0.4) is 0 Å². The predicted molar refractivity (Wildman–Crippen MR) is 114 cm³/mol. The van der Waals surface area contributed by atoms with E-state index in [9.17, 15) is 9.59 Å². The normalized spacial score (nSPS) is 11.9. The quantitative estimate of drug-likeness (QED) is 0.577. The maximum atomic E-state index is 13.0. The van der Waals surface area contributed by atoms with Crippen molar-refractivity contribution in [2.45, 2.75) is 26.4 Å². The summed E-state index contributed by atoms with van der Waals surface area (Å²) in [5.74, 6) is 0.370. The molecule has 1 atom stereocenters. The molecule has 0 spiro atoms. The Morgan fingerprint density at radius 1 is 1.07 bits per heavy atom. The average Bonchev–Trinajstić information content (AvgIpc) is 3.24. The van der Waals surface area contributed by atoms with Gasteiger partial charge in [-0.15, -0.1) is 0 Å². The minimum absolute atomic E-state index is 0.123. The minimum atomic E-state index is -0.197. The number of nitrogens with zero attached hydrogens (tertiary/aromatic N) is 1. The molecule has 0 fully saturated rings. The van der Waals surface area contributed by atoms with Crippen molar-refractivity contribution in [2.24, 2.45) is 0 Å². The van der Waals surface area contributed by atoms with Crippen molar-refractivity contribution in [1.82, 2.24) is 4.90 Å². The van der Waals surface area contributed by atoms with Gasteiger partial charge in [-0.2, -0.15) is 0 Å². The number of carbonyl (C=O) groups is 2. The molecule has 0 saturated heterocycles. The second-order valence-electron chi connectivity index (χ2n) is 6.78. The van der Waals surface area contributed by atoms with Crippen molar-refractivity contribution in [3.63, 3.8) is 0 Å². The summed E-state index contributed by atoms with van der Waals surface area (Å²) in [6.45, 7) is 3.92. The highest BCUT2D eigenvalue weighted by Crippen LogP contribution is 2.25. The van der Waals surface area contributed by atoms with Gasteiger partial charge in [0.1, 0.15) is 5.76 Å². The molecule has 0 saturated carbocycles. The average molecular weight is 388 g/mol. The van der Waals surface area contributed by atoms with Gasteiger partial charge in [0.15, 0.2) is 0 Å². The number of anilines is 1. The van der Waals surface area contributed by atoms with Gasteiger partial charge in [0.25, 0.3) is 0 Å². The highest BCUT2D eigenvalue weighted by atomic mass is 16.3. The molecule has 3 aromatic rings. The number of nitrogens with one attached hydrogen (secondary N) is 1. The van der Waals surface area contributed by atoms with E-state index in [-0.39, 0.29) is 17.9 Å². The number of carbonyl (C=O) groups excluding carboxylic acids is 2. The van der Waals surface area contributed by atoms with Crippen LogP contribution in [0.1, 0.15) is 36.8 Å². The second-order valence-corrected chi connectivity index (χ2v) is 6.78. The number of amides is 2. The van der Waals surface area contributed by atoms with Gasteiger partial charge in [0.2, 0.25) is 11.8 Å². The zero-order valence-electron chi connectivity index (χ0n) is 16.5. The molecule has 1 unspecified atom stereocenters. The fourth-order valence-electron chi connectivity index (χ4n) is 3.08. The molecule has 0 bridgehead atoms. The summed E-state index contributed by atoms with van der Waals surface area (Å²) >= 11 is 0. The largest absolute Gasteiger partial charge is 0.465 e. The van der Waals surface area contributed by atoms with E-state index in [4.69, 9.17) is 4.42 Å². The lowest BCUT2D eigenvalue weighted by atomic mass is 10.0. The first-order valence-corrected chi connectivity index (χ1v) is 9.46. The first kappa shape index (κ1) is 20.1. The van der Waals surface area contributed by atoms with Gasteiger partial charge in [0, 0.05) is 25.2 Å². The molecule has 2 aromatic carbocycles. The van der Waals surface area contributed by atoms with Gasteiger partial charge >= 0.3 is 0 Å². The number of hydrogen-bond donors (Lipinski definition) is 1.